The van der Waals surface area contributed by atoms with Crippen molar-refractivity contribution in [2.45, 2.75) is 72.1 Å². The van der Waals surface area contributed by atoms with Gasteiger partial charge in [0.1, 0.15) is 5.76 Å². The maximum absolute atomic E-state index is 13.0. The molecule has 0 bridgehead atoms. The van der Waals surface area contributed by atoms with E-state index in [1.165, 1.54) is 0 Å². The fourth-order valence-corrected chi connectivity index (χ4v) is 4.21. The number of hydrogen-bond donors (Lipinski definition) is 1. The van der Waals surface area contributed by atoms with Crippen LogP contribution in [-0.2, 0) is 18.6 Å². The summed E-state index contributed by atoms with van der Waals surface area (Å²) in [5.74, 6) is 1.63. The van der Waals surface area contributed by atoms with Crippen LogP contribution in [-0.4, -0.2) is 30.1 Å². The third kappa shape index (κ3) is 5.06. The predicted octanol–water partition coefficient (Wildman–Crippen LogP) is 4.71. The first-order valence-corrected chi connectivity index (χ1v) is 11.4. The lowest BCUT2D eigenvalue weighted by atomic mass is 10.0. The van der Waals surface area contributed by atoms with Crippen molar-refractivity contribution in [2.24, 2.45) is 0 Å². The molecule has 0 radical (unpaired) electrons. The summed E-state index contributed by atoms with van der Waals surface area (Å²) < 4.78 is 7.56. The van der Waals surface area contributed by atoms with Crippen LogP contribution >= 0.6 is 0 Å². The van der Waals surface area contributed by atoms with Gasteiger partial charge in [-0.2, -0.15) is 0 Å². The first-order valence-electron chi connectivity index (χ1n) is 11.4. The molecule has 0 fully saturated rings. The molecule has 0 aliphatic carbocycles. The highest BCUT2D eigenvalue weighted by Crippen LogP contribution is 2.30. The lowest BCUT2D eigenvalue weighted by Crippen LogP contribution is -2.35. The van der Waals surface area contributed by atoms with Crippen LogP contribution in [0.3, 0.4) is 0 Å². The van der Waals surface area contributed by atoms with Crippen molar-refractivity contribution in [3.05, 3.63) is 75.7 Å². The quantitative estimate of drug-likeness (QED) is 0.419. The monoisotopic (exact) mass is 448 g/mol. The van der Waals surface area contributed by atoms with Crippen LogP contribution < -0.4 is 5.56 Å². The van der Waals surface area contributed by atoms with Crippen molar-refractivity contribution in [1.82, 2.24) is 30.1 Å². The van der Waals surface area contributed by atoms with Crippen molar-refractivity contribution in [3.8, 4) is 0 Å². The highest BCUT2D eigenvalue weighted by Gasteiger charge is 2.30. The summed E-state index contributed by atoms with van der Waals surface area (Å²) in [5.41, 5.74) is 2.35. The van der Waals surface area contributed by atoms with E-state index in [0.717, 1.165) is 40.9 Å². The van der Waals surface area contributed by atoms with E-state index in [0.29, 0.717) is 18.7 Å². The van der Waals surface area contributed by atoms with Gasteiger partial charge in [0, 0.05) is 17.6 Å². The Morgan fingerprint density at radius 3 is 2.70 bits per heavy atom. The number of aryl methyl sites for hydroxylation is 1. The van der Waals surface area contributed by atoms with Crippen molar-refractivity contribution in [3.63, 3.8) is 0 Å². The summed E-state index contributed by atoms with van der Waals surface area (Å²) in [5, 5.41) is 13.7. The van der Waals surface area contributed by atoms with Crippen LogP contribution in [0.15, 0.2) is 51.9 Å². The second-order valence-electron chi connectivity index (χ2n) is 9.62. The zero-order valence-electron chi connectivity index (χ0n) is 20.0. The number of benzene rings is 1. The molecule has 33 heavy (non-hydrogen) atoms. The maximum Gasteiger partial charge on any atom is 0.252 e. The summed E-state index contributed by atoms with van der Waals surface area (Å²) >= 11 is 0. The second-order valence-corrected chi connectivity index (χ2v) is 9.62. The second kappa shape index (κ2) is 9.31. The molecule has 4 aromatic rings. The number of aromatic amines is 1. The standard InChI is InChI=1S/C25H32N6O2/c1-6-8-22(23-27-28-29-31(23)25(3,4)5)30(16-20-9-7-12-33-20)15-19-14-18-13-17(2)10-11-21(18)26-24(19)32/h7,9-14,22H,6,8,15-16H2,1-5H3,(H,26,32)/t22-/m0/s1. The molecule has 8 nitrogen and oxygen atoms in total. The molecule has 1 atom stereocenters. The Hall–Kier alpha value is -3.26. The fourth-order valence-electron chi connectivity index (χ4n) is 4.21. The molecule has 0 aliphatic heterocycles. The first kappa shape index (κ1) is 22.9. The number of hydrogen-bond acceptors (Lipinski definition) is 6. The molecule has 0 aliphatic rings. The number of nitrogens with zero attached hydrogens (tertiary/aromatic N) is 5. The van der Waals surface area contributed by atoms with Crippen LogP contribution in [0, 0.1) is 6.92 Å². The molecule has 1 aromatic carbocycles. The average Bonchev–Trinajstić information content (AvgIpc) is 3.44. The molecule has 4 rings (SSSR count). The van der Waals surface area contributed by atoms with Crippen molar-refractivity contribution < 1.29 is 4.42 Å². The SMILES string of the molecule is CCC[C@@H](c1nnnn1C(C)(C)C)N(Cc1ccco1)Cc1cc2cc(C)ccc2[nH]c1=O. The summed E-state index contributed by atoms with van der Waals surface area (Å²) in [6.07, 6.45) is 3.47. The van der Waals surface area contributed by atoms with Gasteiger partial charge in [-0.15, -0.1) is 5.10 Å². The molecule has 8 heteroatoms. The van der Waals surface area contributed by atoms with Gasteiger partial charge in [0.25, 0.3) is 5.56 Å². The lowest BCUT2D eigenvalue weighted by Gasteiger charge is -2.32. The fraction of sp³-hybridized carbons (Fsp3) is 0.440. The molecule has 1 N–H and O–H groups in total. The Bertz CT molecular complexity index is 1270. The van der Waals surface area contributed by atoms with E-state index in [1.807, 2.05) is 35.0 Å². The zero-order chi connectivity index (χ0) is 23.6. The summed E-state index contributed by atoms with van der Waals surface area (Å²) in [4.78, 5) is 18.3. The van der Waals surface area contributed by atoms with Gasteiger partial charge in [0.15, 0.2) is 5.82 Å². The minimum atomic E-state index is -0.265. The molecule has 3 aromatic heterocycles. The summed E-state index contributed by atoms with van der Waals surface area (Å²) in [6, 6.07) is 11.8. The third-order valence-corrected chi connectivity index (χ3v) is 5.82. The number of fused-ring (bicyclic) bond motifs is 1. The smallest absolute Gasteiger partial charge is 0.252 e. The molecule has 0 unspecified atom stereocenters. The van der Waals surface area contributed by atoms with E-state index in [4.69, 9.17) is 4.42 Å². The van der Waals surface area contributed by atoms with Crippen molar-refractivity contribution in [2.75, 3.05) is 0 Å². The number of H-pyrrole nitrogens is 1. The van der Waals surface area contributed by atoms with E-state index in [9.17, 15) is 4.79 Å². The van der Waals surface area contributed by atoms with Crippen LogP contribution in [0.5, 0.6) is 0 Å². The van der Waals surface area contributed by atoms with Gasteiger partial charge in [-0.3, -0.25) is 9.69 Å². The van der Waals surface area contributed by atoms with Crippen molar-refractivity contribution in [1.29, 1.82) is 0 Å². The van der Waals surface area contributed by atoms with E-state index in [-0.39, 0.29) is 17.1 Å². The number of tetrazole rings is 1. The predicted molar refractivity (Wildman–Crippen MR) is 128 cm³/mol. The minimum Gasteiger partial charge on any atom is -0.468 e. The Morgan fingerprint density at radius 2 is 2.00 bits per heavy atom. The Kier molecular flexibility index (Phi) is 6.47. The maximum atomic E-state index is 13.0. The molecular weight excluding hydrogens is 416 g/mol. The van der Waals surface area contributed by atoms with Crippen LogP contribution in [0.4, 0.5) is 0 Å². The topological polar surface area (TPSA) is 92.8 Å². The van der Waals surface area contributed by atoms with Gasteiger partial charge in [-0.1, -0.05) is 25.0 Å². The molecular formula is C25H32N6O2. The van der Waals surface area contributed by atoms with Gasteiger partial charge >= 0.3 is 0 Å². The van der Waals surface area contributed by atoms with E-state index < -0.39 is 0 Å². The summed E-state index contributed by atoms with van der Waals surface area (Å²) in [6.45, 7) is 11.4. The Labute approximate surface area is 193 Å². The largest absolute Gasteiger partial charge is 0.468 e. The van der Waals surface area contributed by atoms with Gasteiger partial charge < -0.3 is 9.40 Å². The van der Waals surface area contributed by atoms with Gasteiger partial charge in [0.05, 0.1) is 24.4 Å². The van der Waals surface area contributed by atoms with E-state index in [2.05, 4.69) is 66.1 Å². The molecule has 3 heterocycles. The lowest BCUT2D eigenvalue weighted by molar-refractivity contribution is 0.138. The van der Waals surface area contributed by atoms with Crippen LogP contribution in [0.2, 0.25) is 0 Å². The number of furan rings is 1. The number of aromatic nitrogens is 5. The normalized spacial score (nSPS) is 13.2. The molecule has 0 spiro atoms. The highest BCUT2D eigenvalue weighted by atomic mass is 16.3. The van der Waals surface area contributed by atoms with Gasteiger partial charge in [0.2, 0.25) is 0 Å². The Balaban J connectivity index is 1.77. The van der Waals surface area contributed by atoms with Gasteiger partial charge in [-0.05, 0) is 80.3 Å². The molecule has 0 saturated carbocycles. The molecule has 174 valence electrons. The molecule has 0 amide bonds. The minimum absolute atomic E-state index is 0.0815. The van der Waals surface area contributed by atoms with Crippen LogP contribution in [0.25, 0.3) is 10.9 Å². The van der Waals surface area contributed by atoms with E-state index >= 15 is 0 Å². The number of rotatable bonds is 8. The zero-order valence-corrected chi connectivity index (χ0v) is 20.0. The van der Waals surface area contributed by atoms with Gasteiger partial charge in [-0.25, -0.2) is 4.68 Å². The third-order valence-electron chi connectivity index (χ3n) is 5.82. The van der Waals surface area contributed by atoms with Crippen molar-refractivity contribution >= 4 is 10.9 Å². The highest BCUT2D eigenvalue weighted by molar-refractivity contribution is 5.79. The number of pyridine rings is 1. The van der Waals surface area contributed by atoms with Crippen LogP contribution in [0.1, 0.15) is 69.3 Å². The first-order chi connectivity index (χ1) is 15.8. The van der Waals surface area contributed by atoms with E-state index in [1.54, 1.807) is 6.26 Å². The number of nitrogens with one attached hydrogen (secondary N) is 1. The molecule has 0 saturated heterocycles. The average molecular weight is 449 g/mol. The summed E-state index contributed by atoms with van der Waals surface area (Å²) in [7, 11) is 0. The Morgan fingerprint density at radius 1 is 1.18 bits per heavy atom.